The summed E-state index contributed by atoms with van der Waals surface area (Å²) >= 11 is 6.12. The smallest absolute Gasteiger partial charge is 0.431 e. The number of ether oxygens (including phenoxy) is 4. The van der Waals surface area contributed by atoms with E-state index < -0.39 is 48.2 Å². The Morgan fingerprint density at radius 2 is 1.97 bits per heavy atom. The highest BCUT2D eigenvalue weighted by molar-refractivity contribution is 6.32. The molecule has 1 aromatic carbocycles. The van der Waals surface area contributed by atoms with Crippen LogP contribution in [0.5, 0.6) is 17.4 Å². The van der Waals surface area contributed by atoms with Gasteiger partial charge in [0.2, 0.25) is 0 Å². The molecular formula is C22H20ClF4N3O6. The fraction of sp³-hybridized carbons (Fsp3) is 0.318. The SMILES string of the molecule is CCOC(=O)COc1ncccc1Oc1cc(N2C(=O)N(C)C(C(F)(F)F)=CC2OC)c(F)cc1Cl. The van der Waals surface area contributed by atoms with Crippen molar-refractivity contribution in [2.24, 2.45) is 0 Å². The fourth-order valence-corrected chi connectivity index (χ4v) is 3.37. The number of carbonyl (C=O) groups is 2. The molecule has 0 saturated heterocycles. The number of anilines is 1. The van der Waals surface area contributed by atoms with Crippen LogP contribution < -0.4 is 14.4 Å². The van der Waals surface area contributed by atoms with Crippen molar-refractivity contribution >= 4 is 29.3 Å². The van der Waals surface area contributed by atoms with Gasteiger partial charge in [0, 0.05) is 26.4 Å². The average Bonchev–Trinajstić information content (AvgIpc) is 2.81. The van der Waals surface area contributed by atoms with E-state index in [1.54, 1.807) is 6.92 Å². The molecule has 14 heteroatoms. The summed E-state index contributed by atoms with van der Waals surface area (Å²) in [7, 11) is 1.96. The predicted octanol–water partition coefficient (Wildman–Crippen LogP) is 4.90. The topological polar surface area (TPSA) is 90.4 Å². The van der Waals surface area contributed by atoms with Crippen LogP contribution in [0.1, 0.15) is 6.92 Å². The minimum atomic E-state index is -4.85. The Morgan fingerprint density at radius 3 is 2.61 bits per heavy atom. The highest BCUT2D eigenvalue weighted by atomic mass is 35.5. The molecule has 1 unspecified atom stereocenters. The third-order valence-electron chi connectivity index (χ3n) is 4.79. The van der Waals surface area contributed by atoms with E-state index in [0.717, 1.165) is 26.3 Å². The zero-order valence-electron chi connectivity index (χ0n) is 19.1. The first-order valence-corrected chi connectivity index (χ1v) is 10.6. The van der Waals surface area contributed by atoms with Crippen molar-refractivity contribution < 1.29 is 46.1 Å². The number of benzene rings is 1. The number of allylic oxidation sites excluding steroid dienone is 1. The van der Waals surface area contributed by atoms with Gasteiger partial charge in [0.25, 0.3) is 5.88 Å². The van der Waals surface area contributed by atoms with E-state index in [0.29, 0.717) is 15.9 Å². The highest BCUT2D eigenvalue weighted by Crippen LogP contribution is 2.40. The Kier molecular flexibility index (Phi) is 8.25. The molecule has 0 N–H and O–H groups in total. The number of hydrogen-bond donors (Lipinski definition) is 0. The second-order valence-corrected chi connectivity index (χ2v) is 7.53. The maximum absolute atomic E-state index is 14.9. The standard InChI is InChI=1S/C22H20ClF4N3O6/c1-4-34-19(31)11-35-20-15(6-5-7-28-20)36-16-9-14(13(24)8-12(16)23)30-18(33-3)10-17(22(25,26)27)29(2)21(30)32/h5-10,18H,4,11H2,1-3H3. The van der Waals surface area contributed by atoms with Gasteiger partial charge in [-0.2, -0.15) is 13.2 Å². The zero-order chi connectivity index (χ0) is 26.6. The van der Waals surface area contributed by atoms with Crippen molar-refractivity contribution in [1.29, 1.82) is 0 Å². The number of carbonyl (C=O) groups excluding carboxylic acids is 2. The number of aromatic nitrogens is 1. The lowest BCUT2D eigenvalue weighted by atomic mass is 10.2. The Balaban J connectivity index is 1.97. The number of esters is 1. The molecule has 1 atom stereocenters. The molecule has 1 aliphatic heterocycles. The summed E-state index contributed by atoms with van der Waals surface area (Å²) in [5, 5.41) is -0.227. The summed E-state index contributed by atoms with van der Waals surface area (Å²) < 4.78 is 75.8. The van der Waals surface area contributed by atoms with Crippen molar-refractivity contribution in [2.45, 2.75) is 19.3 Å². The van der Waals surface area contributed by atoms with E-state index in [1.165, 1.54) is 18.3 Å². The number of halogens is 5. The number of rotatable bonds is 8. The van der Waals surface area contributed by atoms with Gasteiger partial charge in [-0.25, -0.2) is 19.0 Å². The molecule has 0 radical (unpaired) electrons. The van der Waals surface area contributed by atoms with Crippen LogP contribution in [0, 0.1) is 5.82 Å². The Bertz CT molecular complexity index is 1180. The molecule has 2 amide bonds. The van der Waals surface area contributed by atoms with Gasteiger partial charge in [0.1, 0.15) is 17.3 Å². The predicted molar refractivity (Wildman–Crippen MR) is 118 cm³/mol. The Hall–Kier alpha value is -3.58. The molecule has 9 nitrogen and oxygen atoms in total. The molecule has 3 rings (SSSR count). The van der Waals surface area contributed by atoms with Crippen LogP contribution in [0.3, 0.4) is 0 Å². The lowest BCUT2D eigenvalue weighted by Crippen LogP contribution is -2.53. The molecule has 1 aromatic heterocycles. The monoisotopic (exact) mass is 533 g/mol. The van der Waals surface area contributed by atoms with Gasteiger partial charge in [-0.3, -0.25) is 9.80 Å². The second-order valence-electron chi connectivity index (χ2n) is 7.12. The summed E-state index contributed by atoms with van der Waals surface area (Å²) in [6.07, 6.45) is -4.43. The van der Waals surface area contributed by atoms with Crippen LogP contribution in [0.2, 0.25) is 5.02 Å². The summed E-state index contributed by atoms with van der Waals surface area (Å²) in [4.78, 5) is 29.4. The molecule has 2 aromatic rings. The van der Waals surface area contributed by atoms with Crippen molar-refractivity contribution in [3.8, 4) is 17.4 Å². The third kappa shape index (κ3) is 5.79. The van der Waals surface area contributed by atoms with Crippen molar-refractivity contribution in [1.82, 2.24) is 9.88 Å². The lowest BCUT2D eigenvalue weighted by molar-refractivity contribution is -0.145. The number of nitrogens with zero attached hydrogens (tertiary/aromatic N) is 3. The fourth-order valence-electron chi connectivity index (χ4n) is 3.18. The molecule has 194 valence electrons. The van der Waals surface area contributed by atoms with Crippen LogP contribution in [0.15, 0.2) is 42.2 Å². The molecule has 0 saturated carbocycles. The number of methoxy groups -OCH3 is 1. The maximum atomic E-state index is 14.9. The highest BCUT2D eigenvalue weighted by Gasteiger charge is 2.45. The third-order valence-corrected chi connectivity index (χ3v) is 5.09. The minimum Gasteiger partial charge on any atom is -0.463 e. The maximum Gasteiger partial charge on any atom is 0.431 e. The second kappa shape index (κ2) is 11.0. The van der Waals surface area contributed by atoms with Crippen LogP contribution in [0.4, 0.5) is 28.0 Å². The van der Waals surface area contributed by atoms with Crippen LogP contribution in [-0.2, 0) is 14.3 Å². The van der Waals surface area contributed by atoms with Crippen LogP contribution in [-0.4, -0.2) is 61.7 Å². The van der Waals surface area contributed by atoms with E-state index in [-0.39, 0.29) is 29.0 Å². The van der Waals surface area contributed by atoms with E-state index >= 15 is 0 Å². The number of urea groups is 1. The van der Waals surface area contributed by atoms with E-state index in [2.05, 4.69) is 4.98 Å². The van der Waals surface area contributed by atoms with Crippen LogP contribution >= 0.6 is 11.6 Å². The molecule has 36 heavy (non-hydrogen) atoms. The Labute approximate surface area is 207 Å². The summed E-state index contributed by atoms with van der Waals surface area (Å²) in [5.74, 6) is -2.00. The van der Waals surface area contributed by atoms with Crippen molar-refractivity contribution in [3.05, 3.63) is 53.1 Å². The number of hydrogen-bond acceptors (Lipinski definition) is 7. The van der Waals surface area contributed by atoms with Gasteiger partial charge in [-0.05, 0) is 31.2 Å². The first kappa shape index (κ1) is 27.0. The van der Waals surface area contributed by atoms with Gasteiger partial charge in [-0.15, -0.1) is 0 Å². The molecule has 0 aliphatic carbocycles. The summed E-state index contributed by atoms with van der Waals surface area (Å²) in [5.41, 5.74) is -1.73. The first-order valence-electron chi connectivity index (χ1n) is 10.3. The largest absolute Gasteiger partial charge is 0.463 e. The number of amides is 2. The van der Waals surface area contributed by atoms with Gasteiger partial charge >= 0.3 is 18.2 Å². The summed E-state index contributed by atoms with van der Waals surface area (Å²) in [6.45, 7) is 1.30. The Morgan fingerprint density at radius 1 is 1.25 bits per heavy atom. The molecule has 0 spiro atoms. The van der Waals surface area contributed by atoms with Crippen molar-refractivity contribution in [3.63, 3.8) is 0 Å². The van der Waals surface area contributed by atoms with Gasteiger partial charge in [-0.1, -0.05) is 11.6 Å². The minimum absolute atomic E-state index is 0.0223. The van der Waals surface area contributed by atoms with E-state index in [9.17, 15) is 27.2 Å². The van der Waals surface area contributed by atoms with Crippen molar-refractivity contribution in [2.75, 3.05) is 32.3 Å². The van der Waals surface area contributed by atoms with E-state index in [4.69, 9.17) is 30.5 Å². The van der Waals surface area contributed by atoms with Gasteiger partial charge in [0.15, 0.2) is 18.6 Å². The zero-order valence-corrected chi connectivity index (χ0v) is 19.9. The first-order chi connectivity index (χ1) is 17.0. The van der Waals surface area contributed by atoms with Crippen LogP contribution in [0.25, 0.3) is 0 Å². The normalized spacial score (nSPS) is 16.1. The number of pyridine rings is 1. The van der Waals surface area contributed by atoms with E-state index in [1.807, 2.05) is 0 Å². The summed E-state index contributed by atoms with van der Waals surface area (Å²) in [6, 6.07) is 3.54. The van der Waals surface area contributed by atoms with Gasteiger partial charge < -0.3 is 18.9 Å². The molecule has 1 aliphatic rings. The molecule has 0 fully saturated rings. The molecule has 2 heterocycles. The molecule has 0 bridgehead atoms. The number of alkyl halides is 3. The quantitative estimate of drug-likeness (QED) is 0.352. The molecular weight excluding hydrogens is 514 g/mol. The van der Waals surface area contributed by atoms with Gasteiger partial charge in [0.05, 0.1) is 17.3 Å². The lowest BCUT2D eigenvalue weighted by Gasteiger charge is -2.38. The average molecular weight is 534 g/mol.